The van der Waals surface area contributed by atoms with Gasteiger partial charge >= 0.3 is 0 Å². The first-order valence-electron chi connectivity index (χ1n) is 7.39. The van der Waals surface area contributed by atoms with E-state index in [9.17, 15) is 15.0 Å². The fourth-order valence-corrected chi connectivity index (χ4v) is 3.33. The van der Waals surface area contributed by atoms with Crippen molar-refractivity contribution in [1.82, 2.24) is 10.2 Å². The molecule has 1 saturated heterocycles. The first-order valence-corrected chi connectivity index (χ1v) is 7.39. The van der Waals surface area contributed by atoms with Crippen LogP contribution in [0.4, 0.5) is 0 Å². The summed E-state index contributed by atoms with van der Waals surface area (Å²) in [7, 11) is 1.61. The second kappa shape index (κ2) is 6.85. The van der Waals surface area contributed by atoms with E-state index in [0.29, 0.717) is 12.6 Å². The predicted molar refractivity (Wildman–Crippen MR) is 74.2 cm³/mol. The number of likely N-dealkylation sites (tertiary alicyclic amines) is 1. The van der Waals surface area contributed by atoms with Crippen LogP contribution < -0.4 is 5.32 Å². The second-order valence-corrected chi connectivity index (χ2v) is 5.99. The third-order valence-electron chi connectivity index (χ3n) is 4.57. The molecule has 0 aromatic carbocycles. The number of rotatable bonds is 4. The first kappa shape index (κ1) is 15.7. The maximum absolute atomic E-state index is 11.3. The second-order valence-electron chi connectivity index (χ2n) is 5.99. The molecule has 1 saturated carbocycles. The van der Waals surface area contributed by atoms with Gasteiger partial charge in [-0.1, -0.05) is 0 Å². The molecule has 0 radical (unpaired) electrons. The molecule has 2 aliphatic rings. The van der Waals surface area contributed by atoms with E-state index < -0.39 is 12.2 Å². The van der Waals surface area contributed by atoms with Crippen LogP contribution in [0.25, 0.3) is 0 Å². The van der Waals surface area contributed by atoms with E-state index in [-0.39, 0.29) is 17.9 Å². The number of hydrogen-bond acceptors (Lipinski definition) is 5. The number of aliphatic hydroxyl groups excluding tert-OH is 2. The Morgan fingerprint density at radius 1 is 1.30 bits per heavy atom. The highest BCUT2D eigenvalue weighted by Gasteiger charge is 2.42. The van der Waals surface area contributed by atoms with Crippen molar-refractivity contribution in [1.29, 1.82) is 0 Å². The highest BCUT2D eigenvalue weighted by atomic mass is 16.5. The molecule has 6 heteroatoms. The number of carbonyl (C=O) groups is 1. The number of nitrogens with zero attached hydrogens (tertiary/aromatic N) is 1. The minimum Gasteiger partial charge on any atom is -0.390 e. The average molecular weight is 286 g/mol. The molecular formula is C14H26N2O4. The van der Waals surface area contributed by atoms with Gasteiger partial charge in [0, 0.05) is 45.1 Å². The molecule has 1 aliphatic heterocycles. The Morgan fingerprint density at radius 2 is 1.95 bits per heavy atom. The van der Waals surface area contributed by atoms with Gasteiger partial charge in [-0.15, -0.1) is 0 Å². The van der Waals surface area contributed by atoms with Gasteiger partial charge < -0.3 is 25.2 Å². The summed E-state index contributed by atoms with van der Waals surface area (Å²) in [5.41, 5.74) is 0. The SMILES string of the molecule is COCC1CC(NC2CCN(C(C)=O)CC2)C(O)C1O. The van der Waals surface area contributed by atoms with Crippen molar-refractivity contribution in [2.24, 2.45) is 5.92 Å². The lowest BCUT2D eigenvalue weighted by Crippen LogP contribution is -2.50. The maximum Gasteiger partial charge on any atom is 0.219 e. The van der Waals surface area contributed by atoms with Gasteiger partial charge in [-0.2, -0.15) is 0 Å². The summed E-state index contributed by atoms with van der Waals surface area (Å²) >= 11 is 0. The number of nitrogens with one attached hydrogen (secondary N) is 1. The Kier molecular flexibility index (Phi) is 5.37. The standard InChI is InChI=1S/C14H26N2O4/c1-9(17)16-5-3-11(4-6-16)15-12-7-10(8-20-2)13(18)14(12)19/h10-15,18-19H,3-8H2,1-2H3. The molecule has 116 valence electrons. The summed E-state index contributed by atoms with van der Waals surface area (Å²) in [4.78, 5) is 13.1. The Morgan fingerprint density at radius 3 is 2.50 bits per heavy atom. The number of hydrogen-bond donors (Lipinski definition) is 3. The average Bonchev–Trinajstić information content (AvgIpc) is 2.68. The molecule has 4 unspecified atom stereocenters. The van der Waals surface area contributed by atoms with Crippen molar-refractivity contribution in [3.63, 3.8) is 0 Å². The van der Waals surface area contributed by atoms with Crippen LogP contribution in [0.3, 0.4) is 0 Å². The lowest BCUT2D eigenvalue weighted by Gasteiger charge is -2.34. The van der Waals surface area contributed by atoms with Crippen molar-refractivity contribution in [2.45, 2.75) is 50.5 Å². The minimum atomic E-state index is -0.735. The van der Waals surface area contributed by atoms with Crippen molar-refractivity contribution in [2.75, 3.05) is 26.8 Å². The van der Waals surface area contributed by atoms with Crippen LogP contribution in [0.1, 0.15) is 26.2 Å². The molecule has 1 amide bonds. The summed E-state index contributed by atoms with van der Waals surface area (Å²) in [6.07, 6.45) is 1.07. The molecule has 0 bridgehead atoms. The first-order chi connectivity index (χ1) is 9.52. The fraction of sp³-hybridized carbons (Fsp3) is 0.929. The molecule has 4 atom stereocenters. The zero-order chi connectivity index (χ0) is 14.7. The fourth-order valence-electron chi connectivity index (χ4n) is 3.33. The molecular weight excluding hydrogens is 260 g/mol. The Bertz CT molecular complexity index is 331. The van der Waals surface area contributed by atoms with E-state index >= 15 is 0 Å². The predicted octanol–water partition coefficient (Wildman–Crippen LogP) is -0.656. The number of aliphatic hydroxyl groups is 2. The van der Waals surface area contributed by atoms with Gasteiger partial charge in [0.2, 0.25) is 5.91 Å². The number of methoxy groups -OCH3 is 1. The normalized spacial score (nSPS) is 35.5. The van der Waals surface area contributed by atoms with Gasteiger partial charge in [0.1, 0.15) is 0 Å². The van der Waals surface area contributed by atoms with Gasteiger partial charge in [0.25, 0.3) is 0 Å². The topological polar surface area (TPSA) is 82.0 Å². The number of amides is 1. The molecule has 0 aromatic rings. The van der Waals surface area contributed by atoms with Crippen LogP contribution in [0, 0.1) is 5.92 Å². The molecule has 1 aliphatic carbocycles. The smallest absolute Gasteiger partial charge is 0.219 e. The summed E-state index contributed by atoms with van der Waals surface area (Å²) < 4.78 is 5.08. The maximum atomic E-state index is 11.3. The third-order valence-corrected chi connectivity index (χ3v) is 4.57. The monoisotopic (exact) mass is 286 g/mol. The zero-order valence-corrected chi connectivity index (χ0v) is 12.3. The van der Waals surface area contributed by atoms with Gasteiger partial charge in [0.05, 0.1) is 18.8 Å². The van der Waals surface area contributed by atoms with Crippen LogP contribution in [0.5, 0.6) is 0 Å². The van der Waals surface area contributed by atoms with E-state index in [4.69, 9.17) is 4.74 Å². The van der Waals surface area contributed by atoms with E-state index in [1.807, 2.05) is 4.90 Å². The van der Waals surface area contributed by atoms with Gasteiger partial charge in [0.15, 0.2) is 0 Å². The molecule has 20 heavy (non-hydrogen) atoms. The lowest BCUT2D eigenvalue weighted by molar-refractivity contribution is -0.129. The van der Waals surface area contributed by atoms with E-state index in [0.717, 1.165) is 32.4 Å². The van der Waals surface area contributed by atoms with Crippen LogP contribution in [0.2, 0.25) is 0 Å². The summed E-state index contributed by atoms with van der Waals surface area (Å²) in [5, 5.41) is 23.5. The van der Waals surface area contributed by atoms with Crippen LogP contribution in [0.15, 0.2) is 0 Å². The third kappa shape index (κ3) is 3.49. The molecule has 0 aromatic heterocycles. The van der Waals surface area contributed by atoms with Gasteiger partial charge in [-0.05, 0) is 19.3 Å². The largest absolute Gasteiger partial charge is 0.390 e. The van der Waals surface area contributed by atoms with Gasteiger partial charge in [-0.3, -0.25) is 4.79 Å². The molecule has 1 heterocycles. The van der Waals surface area contributed by atoms with Crippen molar-refractivity contribution in [3.05, 3.63) is 0 Å². The minimum absolute atomic E-state index is 0.00944. The van der Waals surface area contributed by atoms with Crippen molar-refractivity contribution >= 4 is 5.91 Å². The van der Waals surface area contributed by atoms with Crippen LogP contribution in [-0.2, 0) is 9.53 Å². The Labute approximate surface area is 120 Å². The van der Waals surface area contributed by atoms with Crippen LogP contribution in [-0.4, -0.2) is 72.1 Å². The molecule has 6 nitrogen and oxygen atoms in total. The quantitative estimate of drug-likeness (QED) is 0.639. The number of carbonyl (C=O) groups excluding carboxylic acids is 1. The molecule has 0 spiro atoms. The summed E-state index contributed by atoms with van der Waals surface area (Å²) in [5.74, 6) is 0.116. The van der Waals surface area contributed by atoms with Crippen LogP contribution >= 0.6 is 0 Å². The highest BCUT2D eigenvalue weighted by Crippen LogP contribution is 2.28. The van der Waals surface area contributed by atoms with E-state index in [2.05, 4.69) is 5.32 Å². The van der Waals surface area contributed by atoms with Crippen molar-refractivity contribution in [3.8, 4) is 0 Å². The zero-order valence-electron chi connectivity index (χ0n) is 12.3. The van der Waals surface area contributed by atoms with Gasteiger partial charge in [-0.25, -0.2) is 0 Å². The van der Waals surface area contributed by atoms with Crippen molar-refractivity contribution < 1.29 is 19.7 Å². The molecule has 2 rings (SSSR count). The lowest BCUT2D eigenvalue weighted by atomic mass is 10.0. The summed E-state index contributed by atoms with van der Waals surface area (Å²) in [6.45, 7) is 3.60. The number of ether oxygens (including phenoxy) is 1. The Hall–Kier alpha value is -0.690. The Balaban J connectivity index is 1.81. The molecule has 2 fully saturated rings. The van der Waals surface area contributed by atoms with E-state index in [1.54, 1.807) is 14.0 Å². The molecule has 3 N–H and O–H groups in total. The highest BCUT2D eigenvalue weighted by molar-refractivity contribution is 5.73. The number of piperidine rings is 1. The summed E-state index contributed by atoms with van der Waals surface area (Å²) in [6, 6.07) is 0.220. The van der Waals surface area contributed by atoms with E-state index in [1.165, 1.54) is 0 Å².